The van der Waals surface area contributed by atoms with E-state index in [4.69, 9.17) is 0 Å². The first-order valence-electron chi connectivity index (χ1n) is 11.7. The molecule has 0 saturated carbocycles. The van der Waals surface area contributed by atoms with Crippen LogP contribution in [0.5, 0.6) is 0 Å². The summed E-state index contributed by atoms with van der Waals surface area (Å²) in [6.45, 7) is 12.0. The summed E-state index contributed by atoms with van der Waals surface area (Å²) in [5, 5.41) is 9.44. The summed E-state index contributed by atoms with van der Waals surface area (Å²) < 4.78 is 62.0. The van der Waals surface area contributed by atoms with Gasteiger partial charge in [-0.15, -0.1) is 0 Å². The van der Waals surface area contributed by atoms with Crippen molar-refractivity contribution in [1.82, 2.24) is 0 Å². The van der Waals surface area contributed by atoms with Crippen LogP contribution in [-0.4, -0.2) is 18.3 Å². The Hall–Kier alpha value is -2.00. The van der Waals surface area contributed by atoms with Crippen LogP contribution in [-0.2, 0) is 4.74 Å². The number of aliphatic hydroxyl groups excluding tert-OH is 1. The van der Waals surface area contributed by atoms with Crippen LogP contribution in [0.25, 0.3) is 0 Å². The Bertz CT molecular complexity index is 842. The largest absolute Gasteiger partial charge is 0.494 e. The second-order valence-corrected chi connectivity index (χ2v) is 9.18. The average Bonchev–Trinajstić information content (AvgIpc) is 2.79. The van der Waals surface area contributed by atoms with Gasteiger partial charge in [-0.05, 0) is 75.4 Å². The maximum absolute atomic E-state index is 14.8. The standard InChI is InChI=1S/C27H38F4O2/c1-16(9-11-19(4)24(28)25(29)21(6)33-7)8-10-17(2)22-14-15-23(27(31)26(22)30)18(3)12-13-20(5)32/h16-20,32H,6,8,10,12-15H2,1-5,7H3/b25-24-. The van der Waals surface area contributed by atoms with Gasteiger partial charge in [-0.2, -0.15) is 4.39 Å². The number of halogens is 4. The molecular weight excluding hydrogens is 432 g/mol. The smallest absolute Gasteiger partial charge is 0.197 e. The van der Waals surface area contributed by atoms with Crippen LogP contribution in [0.2, 0.25) is 0 Å². The molecule has 5 unspecified atom stereocenters. The first-order chi connectivity index (χ1) is 15.4. The maximum Gasteiger partial charge on any atom is 0.197 e. The molecule has 1 aliphatic carbocycles. The van der Waals surface area contributed by atoms with Crippen molar-refractivity contribution in [1.29, 1.82) is 0 Å². The summed E-state index contributed by atoms with van der Waals surface area (Å²) in [4.78, 5) is 0. The third kappa shape index (κ3) is 8.70. The van der Waals surface area contributed by atoms with E-state index < -0.39 is 35.3 Å². The molecule has 0 saturated heterocycles. The fourth-order valence-electron chi connectivity index (χ4n) is 3.85. The van der Waals surface area contributed by atoms with Crippen molar-refractivity contribution in [3.05, 3.63) is 46.8 Å². The third-order valence-electron chi connectivity index (χ3n) is 6.29. The SMILES string of the molecule is C=C(OC)/C(F)=C(/F)C(C)C#CC(C)CCC(C)C1=C(F)C(F)=C(C(C)CCC(C)O)CC1. The van der Waals surface area contributed by atoms with E-state index in [0.717, 1.165) is 0 Å². The minimum Gasteiger partial charge on any atom is -0.494 e. The summed E-state index contributed by atoms with van der Waals surface area (Å²) in [6, 6.07) is 0. The van der Waals surface area contributed by atoms with E-state index in [1.807, 2.05) is 20.8 Å². The van der Waals surface area contributed by atoms with Crippen LogP contribution in [0.3, 0.4) is 0 Å². The van der Waals surface area contributed by atoms with Crippen LogP contribution < -0.4 is 0 Å². The van der Waals surface area contributed by atoms with Crippen molar-refractivity contribution in [3.63, 3.8) is 0 Å². The molecule has 33 heavy (non-hydrogen) atoms. The summed E-state index contributed by atoms with van der Waals surface area (Å²) in [5.74, 6) is 0.278. The lowest BCUT2D eigenvalue weighted by Gasteiger charge is -2.26. The summed E-state index contributed by atoms with van der Waals surface area (Å²) >= 11 is 0. The Morgan fingerprint density at radius 2 is 1.39 bits per heavy atom. The summed E-state index contributed by atoms with van der Waals surface area (Å²) in [7, 11) is 1.21. The van der Waals surface area contributed by atoms with Crippen molar-refractivity contribution in [3.8, 4) is 11.8 Å². The molecule has 0 amide bonds. The van der Waals surface area contributed by atoms with Gasteiger partial charge in [0.25, 0.3) is 0 Å². The van der Waals surface area contributed by atoms with Gasteiger partial charge in [0.2, 0.25) is 0 Å². The normalized spacial score (nSPS) is 19.7. The molecule has 1 rings (SSSR count). The van der Waals surface area contributed by atoms with Gasteiger partial charge in [0, 0.05) is 5.92 Å². The number of hydrogen-bond acceptors (Lipinski definition) is 2. The number of allylic oxidation sites excluding steroid dienone is 6. The molecule has 0 aromatic carbocycles. The molecule has 0 spiro atoms. The van der Waals surface area contributed by atoms with Crippen LogP contribution in [0.4, 0.5) is 17.6 Å². The third-order valence-corrected chi connectivity index (χ3v) is 6.29. The van der Waals surface area contributed by atoms with E-state index >= 15 is 0 Å². The second kappa shape index (κ2) is 13.6. The number of aliphatic hydroxyl groups is 1. The average molecular weight is 471 g/mol. The van der Waals surface area contributed by atoms with Gasteiger partial charge in [0.05, 0.1) is 19.1 Å². The number of hydrogen-bond donors (Lipinski definition) is 1. The number of methoxy groups -OCH3 is 1. The van der Waals surface area contributed by atoms with Gasteiger partial charge in [-0.3, -0.25) is 0 Å². The molecule has 0 aromatic rings. The zero-order chi connectivity index (χ0) is 25.3. The highest BCUT2D eigenvalue weighted by Gasteiger charge is 2.28. The Morgan fingerprint density at radius 3 is 1.85 bits per heavy atom. The molecule has 1 aliphatic rings. The Labute approximate surface area is 196 Å². The van der Waals surface area contributed by atoms with Crippen LogP contribution in [0.1, 0.15) is 73.1 Å². The van der Waals surface area contributed by atoms with Crippen molar-refractivity contribution < 1.29 is 27.4 Å². The fraction of sp³-hybridized carbons (Fsp3) is 0.630. The van der Waals surface area contributed by atoms with Crippen LogP contribution in [0.15, 0.2) is 46.8 Å². The van der Waals surface area contributed by atoms with E-state index in [0.29, 0.717) is 49.7 Å². The van der Waals surface area contributed by atoms with E-state index in [9.17, 15) is 22.7 Å². The quantitative estimate of drug-likeness (QED) is 0.143. The zero-order valence-electron chi connectivity index (χ0n) is 20.7. The molecule has 0 aliphatic heterocycles. The van der Waals surface area contributed by atoms with E-state index in [2.05, 4.69) is 23.2 Å². The van der Waals surface area contributed by atoms with Gasteiger partial charge in [0.15, 0.2) is 23.3 Å². The van der Waals surface area contributed by atoms with Gasteiger partial charge >= 0.3 is 0 Å². The molecule has 0 fully saturated rings. The minimum atomic E-state index is -1.14. The molecule has 1 N–H and O–H groups in total. The zero-order valence-corrected chi connectivity index (χ0v) is 20.7. The highest BCUT2D eigenvalue weighted by Crippen LogP contribution is 2.41. The molecule has 0 heterocycles. The van der Waals surface area contributed by atoms with Crippen LogP contribution in [0, 0.1) is 35.5 Å². The molecule has 186 valence electrons. The Kier molecular flexibility index (Phi) is 12.0. The van der Waals surface area contributed by atoms with Crippen molar-refractivity contribution in [2.24, 2.45) is 23.7 Å². The lowest BCUT2D eigenvalue weighted by atomic mass is 9.81. The fourth-order valence-corrected chi connectivity index (χ4v) is 3.85. The molecule has 5 atom stereocenters. The molecule has 2 nitrogen and oxygen atoms in total. The van der Waals surface area contributed by atoms with Gasteiger partial charge in [-0.25, -0.2) is 13.2 Å². The molecule has 0 radical (unpaired) electrons. The Morgan fingerprint density at radius 1 is 0.909 bits per heavy atom. The van der Waals surface area contributed by atoms with Gasteiger partial charge in [-0.1, -0.05) is 39.2 Å². The highest BCUT2D eigenvalue weighted by atomic mass is 19.2. The molecular formula is C27H38F4O2. The van der Waals surface area contributed by atoms with Crippen molar-refractivity contribution >= 4 is 0 Å². The predicted octanol–water partition coefficient (Wildman–Crippen LogP) is 8.03. The topological polar surface area (TPSA) is 29.5 Å². The maximum atomic E-state index is 14.8. The lowest BCUT2D eigenvalue weighted by Crippen LogP contribution is -2.14. The van der Waals surface area contributed by atoms with Gasteiger partial charge in [0.1, 0.15) is 5.76 Å². The Balaban J connectivity index is 2.76. The lowest BCUT2D eigenvalue weighted by molar-refractivity contribution is 0.176. The summed E-state index contributed by atoms with van der Waals surface area (Å²) in [6.07, 6.45) is 2.91. The second-order valence-electron chi connectivity index (χ2n) is 9.18. The van der Waals surface area contributed by atoms with E-state index in [1.54, 1.807) is 6.92 Å². The predicted molar refractivity (Wildman–Crippen MR) is 125 cm³/mol. The highest BCUT2D eigenvalue weighted by molar-refractivity contribution is 5.36. The summed E-state index contributed by atoms with van der Waals surface area (Å²) in [5.41, 5.74) is 0.984. The minimum absolute atomic E-state index is 0.111. The molecule has 0 aromatic heterocycles. The van der Waals surface area contributed by atoms with Crippen molar-refractivity contribution in [2.45, 2.75) is 79.2 Å². The van der Waals surface area contributed by atoms with E-state index in [-0.39, 0.29) is 23.5 Å². The van der Waals surface area contributed by atoms with E-state index in [1.165, 1.54) is 14.0 Å². The monoisotopic (exact) mass is 470 g/mol. The number of ether oxygens (including phenoxy) is 1. The number of rotatable bonds is 11. The molecule has 0 bridgehead atoms. The van der Waals surface area contributed by atoms with Crippen molar-refractivity contribution in [2.75, 3.05) is 7.11 Å². The molecule has 6 heteroatoms. The van der Waals surface area contributed by atoms with Crippen LogP contribution >= 0.6 is 0 Å². The first-order valence-corrected chi connectivity index (χ1v) is 11.7. The van der Waals surface area contributed by atoms with Gasteiger partial charge < -0.3 is 9.84 Å². The first kappa shape index (κ1) is 29.0.